The van der Waals surface area contributed by atoms with Gasteiger partial charge in [0.15, 0.2) is 0 Å². The summed E-state index contributed by atoms with van der Waals surface area (Å²) in [7, 11) is 0. The van der Waals surface area contributed by atoms with Crippen LogP contribution in [0.2, 0.25) is 0 Å². The van der Waals surface area contributed by atoms with Crippen molar-refractivity contribution >= 4 is 6.09 Å². The first-order valence-corrected chi connectivity index (χ1v) is 8.58. The lowest BCUT2D eigenvalue weighted by Gasteiger charge is -2.29. The van der Waals surface area contributed by atoms with Crippen molar-refractivity contribution in [1.82, 2.24) is 9.88 Å². The standard InChI is InChI=1S/C20H26N2O4/c1-20(2,3)26-19(25)22(12-10-15-6-8-17(23)9-7-15)14-18(24)16-5-4-11-21-13-16/h4-9,11,13,18,23-24H,10,12,14H2,1-3H3/t18-/m0/s1. The summed E-state index contributed by atoms with van der Waals surface area (Å²) in [5, 5.41) is 19.8. The maximum Gasteiger partial charge on any atom is 0.410 e. The monoisotopic (exact) mass is 358 g/mol. The van der Waals surface area contributed by atoms with Crippen LogP contribution in [0.3, 0.4) is 0 Å². The van der Waals surface area contributed by atoms with E-state index in [1.54, 1.807) is 69.6 Å². The quantitative estimate of drug-likeness (QED) is 0.828. The first-order valence-electron chi connectivity index (χ1n) is 8.58. The average molecular weight is 358 g/mol. The molecule has 0 saturated carbocycles. The lowest BCUT2D eigenvalue weighted by Crippen LogP contribution is -2.40. The Bertz CT molecular complexity index is 696. The Morgan fingerprint density at radius 1 is 1.23 bits per heavy atom. The lowest BCUT2D eigenvalue weighted by molar-refractivity contribution is 0.0146. The van der Waals surface area contributed by atoms with Gasteiger partial charge < -0.3 is 19.8 Å². The van der Waals surface area contributed by atoms with Crippen molar-refractivity contribution in [3.05, 3.63) is 59.9 Å². The number of benzene rings is 1. The van der Waals surface area contributed by atoms with Gasteiger partial charge in [-0.25, -0.2) is 4.79 Å². The predicted molar refractivity (Wildman–Crippen MR) is 98.8 cm³/mol. The van der Waals surface area contributed by atoms with E-state index in [1.807, 2.05) is 0 Å². The van der Waals surface area contributed by atoms with Crippen LogP contribution in [0, 0.1) is 0 Å². The SMILES string of the molecule is CC(C)(C)OC(=O)N(CCc1ccc(O)cc1)C[C@H](O)c1cccnc1. The van der Waals surface area contributed by atoms with Gasteiger partial charge in [-0.3, -0.25) is 4.98 Å². The van der Waals surface area contributed by atoms with E-state index in [9.17, 15) is 15.0 Å². The first kappa shape index (κ1) is 19.7. The highest BCUT2D eigenvalue weighted by molar-refractivity contribution is 5.68. The van der Waals surface area contributed by atoms with Gasteiger partial charge in [0.05, 0.1) is 12.6 Å². The molecule has 26 heavy (non-hydrogen) atoms. The van der Waals surface area contributed by atoms with Crippen molar-refractivity contribution in [2.24, 2.45) is 0 Å². The molecule has 0 radical (unpaired) electrons. The number of amides is 1. The maximum absolute atomic E-state index is 12.5. The van der Waals surface area contributed by atoms with Crippen molar-refractivity contribution in [2.45, 2.75) is 38.9 Å². The normalized spacial score (nSPS) is 12.5. The minimum absolute atomic E-state index is 0.110. The van der Waals surface area contributed by atoms with Crippen LogP contribution in [-0.2, 0) is 11.2 Å². The molecule has 1 atom stereocenters. The van der Waals surface area contributed by atoms with E-state index >= 15 is 0 Å². The molecule has 0 bridgehead atoms. The van der Waals surface area contributed by atoms with Crippen LogP contribution >= 0.6 is 0 Å². The molecule has 6 heteroatoms. The van der Waals surface area contributed by atoms with Crippen molar-refractivity contribution in [3.8, 4) is 5.75 Å². The first-order chi connectivity index (χ1) is 12.2. The Kier molecular flexibility index (Phi) is 6.58. The summed E-state index contributed by atoms with van der Waals surface area (Å²) in [4.78, 5) is 18.0. The van der Waals surface area contributed by atoms with Crippen molar-refractivity contribution < 1.29 is 19.7 Å². The Morgan fingerprint density at radius 2 is 1.92 bits per heavy atom. The molecule has 1 aromatic heterocycles. The molecule has 6 nitrogen and oxygen atoms in total. The van der Waals surface area contributed by atoms with E-state index in [-0.39, 0.29) is 12.3 Å². The van der Waals surface area contributed by atoms with Gasteiger partial charge in [-0.05, 0) is 51.0 Å². The number of rotatable bonds is 6. The maximum atomic E-state index is 12.5. The summed E-state index contributed by atoms with van der Waals surface area (Å²) in [6.45, 7) is 5.91. The molecule has 0 unspecified atom stereocenters. The molecule has 1 aromatic carbocycles. The molecule has 0 aliphatic heterocycles. The molecular weight excluding hydrogens is 332 g/mol. The van der Waals surface area contributed by atoms with Crippen LogP contribution in [0.5, 0.6) is 5.75 Å². The molecule has 0 aliphatic carbocycles. The third-order valence-electron chi connectivity index (χ3n) is 3.72. The second-order valence-corrected chi connectivity index (χ2v) is 7.14. The van der Waals surface area contributed by atoms with E-state index in [0.29, 0.717) is 18.5 Å². The van der Waals surface area contributed by atoms with Gasteiger partial charge in [-0.15, -0.1) is 0 Å². The minimum atomic E-state index is -0.851. The Labute approximate surface area is 154 Å². The number of nitrogens with zero attached hydrogens (tertiary/aromatic N) is 2. The van der Waals surface area contributed by atoms with E-state index in [0.717, 1.165) is 5.56 Å². The molecule has 0 saturated heterocycles. The summed E-state index contributed by atoms with van der Waals surface area (Å²) in [6.07, 6.45) is 2.47. The van der Waals surface area contributed by atoms with Gasteiger partial charge in [0.2, 0.25) is 0 Å². The van der Waals surface area contributed by atoms with Gasteiger partial charge in [0, 0.05) is 24.5 Å². The largest absolute Gasteiger partial charge is 0.508 e. The summed E-state index contributed by atoms with van der Waals surface area (Å²) in [5.74, 6) is 0.199. The van der Waals surface area contributed by atoms with Crippen molar-refractivity contribution in [2.75, 3.05) is 13.1 Å². The van der Waals surface area contributed by atoms with E-state index in [1.165, 1.54) is 4.90 Å². The zero-order chi connectivity index (χ0) is 19.2. The number of carbonyl (C=O) groups is 1. The fourth-order valence-corrected chi connectivity index (χ4v) is 2.40. The van der Waals surface area contributed by atoms with Gasteiger partial charge in [-0.1, -0.05) is 18.2 Å². The number of aromatic nitrogens is 1. The average Bonchev–Trinajstić information content (AvgIpc) is 2.59. The summed E-state index contributed by atoms with van der Waals surface area (Å²) in [6, 6.07) is 10.3. The number of pyridine rings is 1. The van der Waals surface area contributed by atoms with Crippen LogP contribution < -0.4 is 0 Å². The molecule has 2 N–H and O–H groups in total. The molecule has 140 valence electrons. The zero-order valence-electron chi connectivity index (χ0n) is 15.4. The summed E-state index contributed by atoms with van der Waals surface area (Å²) >= 11 is 0. The number of hydrogen-bond acceptors (Lipinski definition) is 5. The van der Waals surface area contributed by atoms with Gasteiger partial charge >= 0.3 is 6.09 Å². The lowest BCUT2D eigenvalue weighted by atomic mass is 10.1. The predicted octanol–water partition coefficient (Wildman–Crippen LogP) is 3.30. The van der Waals surface area contributed by atoms with Gasteiger partial charge in [-0.2, -0.15) is 0 Å². The highest BCUT2D eigenvalue weighted by Gasteiger charge is 2.24. The molecule has 1 heterocycles. The Balaban J connectivity index is 2.07. The Hall–Kier alpha value is -2.60. The highest BCUT2D eigenvalue weighted by atomic mass is 16.6. The number of aliphatic hydroxyl groups is 1. The second kappa shape index (κ2) is 8.67. The smallest absolute Gasteiger partial charge is 0.410 e. The molecule has 2 rings (SSSR count). The van der Waals surface area contributed by atoms with E-state index in [4.69, 9.17) is 4.74 Å². The molecule has 2 aromatic rings. The van der Waals surface area contributed by atoms with Gasteiger partial charge in [0.1, 0.15) is 11.4 Å². The van der Waals surface area contributed by atoms with E-state index < -0.39 is 17.8 Å². The molecular formula is C20H26N2O4. The zero-order valence-corrected chi connectivity index (χ0v) is 15.4. The van der Waals surface area contributed by atoms with Crippen LogP contribution in [0.25, 0.3) is 0 Å². The topological polar surface area (TPSA) is 82.9 Å². The number of phenols is 1. The Morgan fingerprint density at radius 3 is 2.50 bits per heavy atom. The molecule has 0 fully saturated rings. The van der Waals surface area contributed by atoms with Crippen LogP contribution in [0.4, 0.5) is 4.79 Å². The third kappa shape index (κ3) is 6.37. The van der Waals surface area contributed by atoms with Crippen LogP contribution in [0.15, 0.2) is 48.8 Å². The number of carbonyl (C=O) groups excluding carboxylic acids is 1. The molecule has 1 amide bonds. The summed E-state index contributed by atoms with van der Waals surface area (Å²) < 4.78 is 5.46. The number of ether oxygens (including phenoxy) is 1. The fourth-order valence-electron chi connectivity index (χ4n) is 2.40. The van der Waals surface area contributed by atoms with Crippen LogP contribution in [-0.4, -0.2) is 44.9 Å². The highest BCUT2D eigenvalue weighted by Crippen LogP contribution is 2.17. The number of aliphatic hydroxyl groups excluding tert-OH is 1. The molecule has 0 aliphatic rings. The van der Waals surface area contributed by atoms with E-state index in [2.05, 4.69) is 4.98 Å². The van der Waals surface area contributed by atoms with Crippen molar-refractivity contribution in [1.29, 1.82) is 0 Å². The molecule has 0 spiro atoms. The van der Waals surface area contributed by atoms with Crippen molar-refractivity contribution in [3.63, 3.8) is 0 Å². The summed E-state index contributed by atoms with van der Waals surface area (Å²) in [5.41, 5.74) is 1.01. The number of phenolic OH excluding ortho intramolecular Hbond substituents is 1. The second-order valence-electron chi connectivity index (χ2n) is 7.14. The minimum Gasteiger partial charge on any atom is -0.508 e. The number of aromatic hydroxyl groups is 1. The number of hydrogen-bond donors (Lipinski definition) is 2. The van der Waals surface area contributed by atoms with Crippen LogP contribution in [0.1, 0.15) is 38.0 Å². The third-order valence-corrected chi connectivity index (χ3v) is 3.72. The van der Waals surface area contributed by atoms with Gasteiger partial charge in [0.25, 0.3) is 0 Å². The fraction of sp³-hybridized carbons (Fsp3) is 0.400.